The smallest absolute Gasteiger partial charge is 0.110 e. The van der Waals surface area contributed by atoms with Gasteiger partial charge in [0.1, 0.15) is 7.14 Å². The van der Waals surface area contributed by atoms with Crippen molar-refractivity contribution in [2.24, 2.45) is 0 Å². The highest BCUT2D eigenvalue weighted by molar-refractivity contribution is 7.70. The van der Waals surface area contributed by atoms with Crippen LogP contribution in [0.2, 0.25) is 0 Å². The summed E-state index contributed by atoms with van der Waals surface area (Å²) in [6.45, 7) is 10.1. The Kier molecular flexibility index (Phi) is 2.95. The quantitative estimate of drug-likeness (QED) is 0.735. The van der Waals surface area contributed by atoms with Gasteiger partial charge in [0.15, 0.2) is 0 Å². The highest BCUT2D eigenvalue weighted by atomic mass is 32.1. The topological polar surface area (TPSA) is 30.0 Å². The van der Waals surface area contributed by atoms with Crippen molar-refractivity contribution >= 4 is 34.0 Å². The maximum Gasteiger partial charge on any atom is 0.110 e. The lowest BCUT2D eigenvalue weighted by Crippen LogP contribution is -2.22. The number of aromatic nitrogens is 1. The van der Waals surface area contributed by atoms with E-state index in [1.807, 2.05) is 24.9 Å². The lowest BCUT2D eigenvalue weighted by atomic mass is 9.87. The summed E-state index contributed by atoms with van der Waals surface area (Å²) in [7, 11) is -2.27. The summed E-state index contributed by atoms with van der Waals surface area (Å²) < 4.78 is 13.6. The maximum absolute atomic E-state index is 12.4. The van der Waals surface area contributed by atoms with E-state index >= 15 is 0 Å². The van der Waals surface area contributed by atoms with Gasteiger partial charge in [-0.2, -0.15) is 0 Å². The van der Waals surface area contributed by atoms with E-state index < -0.39 is 7.14 Å². The molecule has 1 heterocycles. The van der Waals surface area contributed by atoms with Crippen LogP contribution >= 0.6 is 18.5 Å². The summed E-state index contributed by atoms with van der Waals surface area (Å²) in [5.74, 6) is 0. The predicted molar refractivity (Wildman–Crippen MR) is 77.4 cm³/mol. The average Bonchev–Trinajstić information content (AvgIpc) is 2.59. The lowest BCUT2D eigenvalue weighted by molar-refractivity contribution is 0.580. The van der Waals surface area contributed by atoms with Crippen molar-refractivity contribution in [3.05, 3.63) is 23.2 Å². The molecule has 0 fully saturated rings. The van der Waals surface area contributed by atoms with Crippen LogP contribution in [0.1, 0.15) is 26.3 Å². The monoisotopic (exact) mass is 267 g/mol. The van der Waals surface area contributed by atoms with Crippen LogP contribution < -0.4 is 5.30 Å². The standard InChI is InChI=1S/C13H18NOPS/c1-13(2,3)9-6-12-10(14-8-17-12)7-11(9)16(4,5)15/h6-8H,1-5H3. The van der Waals surface area contributed by atoms with Crippen molar-refractivity contribution in [3.8, 4) is 0 Å². The third-order valence-corrected chi connectivity index (χ3v) is 5.16. The Bertz CT molecular complexity index is 603. The van der Waals surface area contributed by atoms with Gasteiger partial charge in [0.05, 0.1) is 15.7 Å². The molecule has 0 bridgehead atoms. The summed E-state index contributed by atoms with van der Waals surface area (Å²) in [5.41, 5.74) is 4.00. The second-order valence-electron chi connectivity index (χ2n) is 5.79. The molecule has 0 aliphatic heterocycles. The minimum absolute atomic E-state index is 0.00912. The van der Waals surface area contributed by atoms with Gasteiger partial charge in [-0.05, 0) is 36.4 Å². The summed E-state index contributed by atoms with van der Waals surface area (Å²) in [5, 5.41) is 0.975. The zero-order chi connectivity index (χ0) is 12.8. The third kappa shape index (κ3) is 2.46. The first-order valence-electron chi connectivity index (χ1n) is 5.63. The zero-order valence-corrected chi connectivity index (χ0v) is 12.7. The van der Waals surface area contributed by atoms with Gasteiger partial charge in [0.25, 0.3) is 0 Å². The second-order valence-corrected chi connectivity index (χ2v) is 9.86. The summed E-state index contributed by atoms with van der Waals surface area (Å²) >= 11 is 1.64. The van der Waals surface area contributed by atoms with Crippen molar-refractivity contribution in [2.45, 2.75) is 26.2 Å². The number of hydrogen-bond donors (Lipinski definition) is 0. The van der Waals surface area contributed by atoms with Crippen molar-refractivity contribution in [1.29, 1.82) is 0 Å². The fourth-order valence-corrected chi connectivity index (χ4v) is 4.05. The fourth-order valence-electron chi connectivity index (χ4n) is 1.94. The van der Waals surface area contributed by atoms with Crippen molar-refractivity contribution < 1.29 is 4.57 Å². The molecule has 92 valence electrons. The average molecular weight is 267 g/mol. The number of fused-ring (bicyclic) bond motifs is 1. The molecule has 0 atom stereocenters. The minimum Gasteiger partial charge on any atom is -0.319 e. The Labute approximate surface area is 106 Å². The van der Waals surface area contributed by atoms with Crippen LogP contribution in [0.3, 0.4) is 0 Å². The Morgan fingerprint density at radius 1 is 1.24 bits per heavy atom. The molecule has 0 spiro atoms. The van der Waals surface area contributed by atoms with E-state index in [4.69, 9.17) is 0 Å². The first-order valence-corrected chi connectivity index (χ1v) is 9.11. The molecule has 0 amide bonds. The van der Waals surface area contributed by atoms with Crippen LogP contribution in [0.15, 0.2) is 17.6 Å². The number of nitrogens with zero attached hydrogens (tertiary/aromatic N) is 1. The molecule has 0 N–H and O–H groups in total. The normalized spacial score (nSPS) is 13.2. The molecule has 0 radical (unpaired) electrons. The van der Waals surface area contributed by atoms with Gasteiger partial charge in [-0.1, -0.05) is 20.8 Å². The van der Waals surface area contributed by atoms with E-state index in [1.54, 1.807) is 11.3 Å². The molecule has 2 aromatic rings. The summed E-state index contributed by atoms with van der Waals surface area (Å²) in [6.07, 6.45) is 0. The summed E-state index contributed by atoms with van der Waals surface area (Å²) in [6, 6.07) is 4.16. The Hall–Kier alpha value is -0.660. The van der Waals surface area contributed by atoms with E-state index in [9.17, 15) is 4.57 Å². The summed E-state index contributed by atoms with van der Waals surface area (Å²) in [4.78, 5) is 4.31. The largest absolute Gasteiger partial charge is 0.319 e. The lowest BCUT2D eigenvalue weighted by Gasteiger charge is -2.24. The Morgan fingerprint density at radius 3 is 2.41 bits per heavy atom. The number of rotatable bonds is 1. The molecule has 0 saturated carbocycles. The molecular weight excluding hydrogens is 249 g/mol. The van der Waals surface area contributed by atoms with Gasteiger partial charge in [0, 0.05) is 5.30 Å². The van der Waals surface area contributed by atoms with Crippen LogP contribution in [-0.4, -0.2) is 18.3 Å². The molecule has 2 nitrogen and oxygen atoms in total. The van der Waals surface area contributed by atoms with Gasteiger partial charge in [-0.25, -0.2) is 4.98 Å². The molecule has 2 rings (SSSR count). The molecule has 17 heavy (non-hydrogen) atoms. The minimum atomic E-state index is -2.27. The SMILES string of the molecule is CC(C)(C)c1cc2scnc2cc1P(C)(C)=O. The van der Waals surface area contributed by atoms with E-state index in [2.05, 4.69) is 31.8 Å². The molecule has 0 unspecified atom stereocenters. The fraction of sp³-hybridized carbons (Fsp3) is 0.462. The predicted octanol–water partition coefficient (Wildman–Crippen LogP) is 3.84. The van der Waals surface area contributed by atoms with Crippen LogP contribution in [0.25, 0.3) is 10.2 Å². The molecule has 4 heteroatoms. The van der Waals surface area contributed by atoms with Gasteiger partial charge >= 0.3 is 0 Å². The van der Waals surface area contributed by atoms with E-state index in [1.165, 1.54) is 10.3 Å². The maximum atomic E-state index is 12.4. The van der Waals surface area contributed by atoms with Crippen LogP contribution in [0.5, 0.6) is 0 Å². The van der Waals surface area contributed by atoms with Crippen LogP contribution in [-0.2, 0) is 9.98 Å². The van der Waals surface area contributed by atoms with Crippen molar-refractivity contribution in [2.75, 3.05) is 13.3 Å². The van der Waals surface area contributed by atoms with E-state index in [0.29, 0.717) is 0 Å². The van der Waals surface area contributed by atoms with Gasteiger partial charge in [-0.15, -0.1) is 11.3 Å². The van der Waals surface area contributed by atoms with Gasteiger partial charge in [-0.3, -0.25) is 0 Å². The highest BCUT2D eigenvalue weighted by Crippen LogP contribution is 2.40. The van der Waals surface area contributed by atoms with E-state index in [-0.39, 0.29) is 5.41 Å². The zero-order valence-electron chi connectivity index (χ0n) is 10.9. The number of benzene rings is 1. The van der Waals surface area contributed by atoms with Crippen LogP contribution in [0.4, 0.5) is 0 Å². The van der Waals surface area contributed by atoms with Crippen LogP contribution in [0, 0.1) is 0 Å². The molecule has 0 saturated heterocycles. The number of hydrogen-bond acceptors (Lipinski definition) is 3. The molecule has 0 aliphatic rings. The Balaban J connectivity index is 2.82. The highest BCUT2D eigenvalue weighted by Gasteiger charge is 2.25. The first-order chi connectivity index (χ1) is 7.69. The molecule has 1 aromatic heterocycles. The molecular formula is C13H18NOPS. The number of thiazole rings is 1. The van der Waals surface area contributed by atoms with E-state index in [0.717, 1.165) is 10.8 Å². The third-order valence-electron chi connectivity index (χ3n) is 2.84. The molecule has 0 aliphatic carbocycles. The first kappa shape index (κ1) is 12.8. The second kappa shape index (κ2) is 3.93. The van der Waals surface area contributed by atoms with Gasteiger partial charge < -0.3 is 4.57 Å². The Morgan fingerprint density at radius 2 is 1.88 bits per heavy atom. The molecule has 1 aromatic carbocycles. The van der Waals surface area contributed by atoms with Crippen molar-refractivity contribution in [1.82, 2.24) is 4.98 Å². The van der Waals surface area contributed by atoms with Gasteiger partial charge in [0.2, 0.25) is 0 Å². The van der Waals surface area contributed by atoms with Crippen molar-refractivity contribution in [3.63, 3.8) is 0 Å².